The van der Waals surface area contributed by atoms with E-state index >= 15 is 0 Å². The van der Waals surface area contributed by atoms with Gasteiger partial charge in [-0.05, 0) is 25.1 Å². The zero-order valence-corrected chi connectivity index (χ0v) is 29.1. The molecule has 0 saturated carbocycles. The van der Waals surface area contributed by atoms with Gasteiger partial charge in [0.2, 0.25) is 0 Å². The number of ketones is 2. The van der Waals surface area contributed by atoms with Crippen molar-refractivity contribution in [3.05, 3.63) is 108 Å². The number of hydrogen-bond acceptors (Lipinski definition) is 13. The van der Waals surface area contributed by atoms with Crippen molar-refractivity contribution in [2.24, 2.45) is 0 Å². The van der Waals surface area contributed by atoms with E-state index in [-0.39, 0.29) is 49.3 Å². The molecule has 0 bridgehead atoms. The normalized spacial score (nSPS) is 10.9. The van der Waals surface area contributed by atoms with Crippen LogP contribution in [-0.4, -0.2) is 75.2 Å². The lowest BCUT2D eigenvalue weighted by Gasteiger charge is -2.12. The van der Waals surface area contributed by atoms with Crippen LogP contribution in [0.4, 0.5) is 14.5 Å². The molecule has 0 amide bonds. The van der Waals surface area contributed by atoms with Crippen molar-refractivity contribution in [1.82, 2.24) is 15.0 Å². The number of halogens is 2. The van der Waals surface area contributed by atoms with Crippen LogP contribution in [0.25, 0.3) is 22.3 Å². The molecule has 266 valence electrons. The lowest BCUT2D eigenvalue weighted by atomic mass is 10.0. The molecule has 0 fully saturated rings. The molecule has 0 aliphatic heterocycles. The monoisotopic (exact) mass is 740 g/mol. The number of aromatic nitrogens is 3. The van der Waals surface area contributed by atoms with Gasteiger partial charge in [0.1, 0.15) is 23.7 Å². The smallest absolute Gasteiger partial charge is 0.313 e. The number of rotatable bonds is 8. The fourth-order valence-corrected chi connectivity index (χ4v) is 6.16. The number of nitrogens with zero attached hydrogens (tertiary/aromatic N) is 3. The van der Waals surface area contributed by atoms with Crippen molar-refractivity contribution in [2.75, 3.05) is 25.4 Å². The number of esters is 1. The quantitative estimate of drug-likeness (QED) is 0.101. The molecule has 0 unspecified atom stereocenters. The van der Waals surface area contributed by atoms with Gasteiger partial charge >= 0.3 is 5.97 Å². The third-order valence-corrected chi connectivity index (χ3v) is 9.01. The Balaban J connectivity index is 0.000000226. The van der Waals surface area contributed by atoms with Gasteiger partial charge in [0.25, 0.3) is 0 Å². The summed E-state index contributed by atoms with van der Waals surface area (Å²) in [6.07, 6.45) is 4.09. The van der Waals surface area contributed by atoms with Crippen molar-refractivity contribution in [1.29, 1.82) is 0 Å². The van der Waals surface area contributed by atoms with Crippen LogP contribution >= 0.6 is 0 Å². The highest BCUT2D eigenvalue weighted by Crippen LogP contribution is 2.31. The van der Waals surface area contributed by atoms with Crippen LogP contribution in [0, 0.1) is 11.6 Å². The summed E-state index contributed by atoms with van der Waals surface area (Å²) < 4.78 is 77.0. The fraction of sp³-hybridized carbons (Fsp3) is 0.147. The van der Waals surface area contributed by atoms with Crippen LogP contribution in [-0.2, 0) is 29.2 Å². The first-order valence-electron chi connectivity index (χ1n) is 14.4. The highest BCUT2D eigenvalue weighted by Gasteiger charge is 2.21. The number of ether oxygens (including phenoxy) is 1. The highest BCUT2D eigenvalue weighted by molar-refractivity contribution is 7.91. The molecule has 0 aliphatic rings. The summed E-state index contributed by atoms with van der Waals surface area (Å²) in [5.74, 6) is -2.65. The highest BCUT2D eigenvalue weighted by atomic mass is 32.2. The van der Waals surface area contributed by atoms with Crippen LogP contribution < -0.4 is 5.73 Å². The minimum absolute atomic E-state index is 0.0143. The minimum Gasteiger partial charge on any atom is -0.469 e. The molecular weight excluding hydrogens is 711 g/mol. The van der Waals surface area contributed by atoms with Crippen LogP contribution in [0.5, 0.6) is 0 Å². The van der Waals surface area contributed by atoms with Gasteiger partial charge in [-0.1, -0.05) is 36.4 Å². The number of sulfone groups is 2. The van der Waals surface area contributed by atoms with Gasteiger partial charge in [-0.25, -0.2) is 35.6 Å². The largest absolute Gasteiger partial charge is 0.469 e. The molecule has 17 heteroatoms. The predicted molar refractivity (Wildman–Crippen MR) is 183 cm³/mol. The number of carbonyl (C=O) groups excluding carboxylic acids is 4. The Labute approximate surface area is 291 Å². The number of nitrogens with two attached hydrogens (primary N) is 1. The number of fused-ring (bicyclic) bond motifs is 1. The fourth-order valence-electron chi connectivity index (χ4n) is 4.37. The van der Waals surface area contributed by atoms with Crippen molar-refractivity contribution in [3.8, 4) is 11.3 Å². The number of Topliss-reactive ketones (excluding diaryl/α,β-unsaturated/α-hetero) is 2. The molecule has 51 heavy (non-hydrogen) atoms. The number of benzene rings is 2. The predicted octanol–water partition coefficient (Wildman–Crippen LogP) is 4.49. The van der Waals surface area contributed by atoms with Gasteiger partial charge in [0.15, 0.2) is 37.5 Å². The lowest BCUT2D eigenvalue weighted by Crippen LogP contribution is -2.13. The first-order valence-corrected chi connectivity index (χ1v) is 18.2. The SMILES string of the molecule is CC(=O)c1cc2ncc(F)cc2nc1-c1ccccc1S(C)(=O)=O.COC(=O)CC(=O)c1ccccc1S(C)(=O)=O.Nc1cc(F)cnc1C=O. The number of aldehydes is 1. The number of pyridine rings is 3. The van der Waals surface area contributed by atoms with E-state index in [2.05, 4.69) is 19.7 Å². The second-order valence-corrected chi connectivity index (χ2v) is 14.6. The van der Waals surface area contributed by atoms with Crippen molar-refractivity contribution < 1.29 is 49.5 Å². The van der Waals surface area contributed by atoms with Crippen LogP contribution in [0.15, 0.2) is 88.9 Å². The average molecular weight is 741 g/mol. The Bertz CT molecular complexity index is 2370. The first-order chi connectivity index (χ1) is 23.9. The summed E-state index contributed by atoms with van der Waals surface area (Å²) in [7, 11) is -5.86. The van der Waals surface area contributed by atoms with E-state index in [1.807, 2.05) is 0 Å². The molecule has 2 N–H and O–H groups in total. The number of methoxy groups -OCH3 is 1. The van der Waals surface area contributed by atoms with E-state index in [0.29, 0.717) is 17.4 Å². The van der Waals surface area contributed by atoms with Crippen LogP contribution in [0.1, 0.15) is 44.5 Å². The first kappa shape index (κ1) is 39.6. The van der Waals surface area contributed by atoms with Gasteiger partial charge in [-0.3, -0.25) is 24.2 Å². The standard InChI is InChI=1S/C17H13FN2O3S.C11H12O5S.C6H5FN2O/c1-10(21)13-8-14-15(7-11(18)9-19-14)20-17(13)12-5-3-4-6-16(12)24(2,22)23;1-16-11(13)7-9(12)8-5-3-4-6-10(8)17(2,14)15;7-4-1-5(8)6(3-10)9-2-4/h3-9H,1-2H3;3-6H,7H2,1-2H3;1-3H,8H2. The molecular formula is C34H30F2N4O9S2. The summed E-state index contributed by atoms with van der Waals surface area (Å²) in [5, 5.41) is 0. The average Bonchev–Trinajstić information content (AvgIpc) is 3.07. The molecule has 5 rings (SSSR count). The van der Waals surface area contributed by atoms with Gasteiger partial charge < -0.3 is 10.5 Å². The topological polar surface area (TPSA) is 210 Å². The number of hydrogen-bond donors (Lipinski definition) is 1. The lowest BCUT2D eigenvalue weighted by molar-refractivity contribution is -0.139. The number of carbonyl (C=O) groups is 4. The van der Waals surface area contributed by atoms with Crippen LogP contribution in [0.3, 0.4) is 0 Å². The summed E-state index contributed by atoms with van der Waals surface area (Å²) >= 11 is 0. The number of anilines is 1. The minimum atomic E-state index is -3.53. The third kappa shape index (κ3) is 10.6. The Hall–Kier alpha value is -5.81. The van der Waals surface area contributed by atoms with Gasteiger partial charge in [0.05, 0.1) is 51.7 Å². The van der Waals surface area contributed by atoms with E-state index in [1.165, 1.54) is 43.3 Å². The molecule has 0 radical (unpaired) electrons. The molecule has 0 atom stereocenters. The second kappa shape index (κ2) is 16.7. The zero-order chi connectivity index (χ0) is 38.1. The maximum absolute atomic E-state index is 13.4. The molecule has 5 aromatic rings. The Morgan fingerprint density at radius 1 is 0.804 bits per heavy atom. The molecule has 3 aromatic heterocycles. The Morgan fingerprint density at radius 2 is 1.37 bits per heavy atom. The third-order valence-electron chi connectivity index (χ3n) is 6.70. The number of nitrogen functional groups attached to an aromatic ring is 1. The molecule has 13 nitrogen and oxygen atoms in total. The summed E-state index contributed by atoms with van der Waals surface area (Å²) in [5.41, 5.74) is 6.69. The van der Waals surface area contributed by atoms with E-state index in [1.54, 1.807) is 24.3 Å². The Morgan fingerprint density at radius 3 is 1.94 bits per heavy atom. The van der Waals surface area contributed by atoms with Crippen LogP contribution in [0.2, 0.25) is 0 Å². The van der Waals surface area contributed by atoms with Gasteiger partial charge in [0, 0.05) is 41.3 Å². The van der Waals surface area contributed by atoms with Gasteiger partial charge in [-0.2, -0.15) is 0 Å². The Kier molecular flexibility index (Phi) is 13.0. The molecule has 2 aromatic carbocycles. The van der Waals surface area contributed by atoms with E-state index in [0.717, 1.165) is 38.1 Å². The molecule has 3 heterocycles. The summed E-state index contributed by atoms with van der Waals surface area (Å²) in [4.78, 5) is 56.4. The van der Waals surface area contributed by atoms with Crippen molar-refractivity contribution in [2.45, 2.75) is 23.1 Å². The molecule has 0 aliphatic carbocycles. The van der Waals surface area contributed by atoms with Gasteiger partial charge in [-0.15, -0.1) is 0 Å². The van der Waals surface area contributed by atoms with Crippen molar-refractivity contribution in [3.63, 3.8) is 0 Å². The maximum Gasteiger partial charge on any atom is 0.313 e. The molecule has 0 spiro atoms. The maximum atomic E-state index is 13.4. The summed E-state index contributed by atoms with van der Waals surface area (Å²) in [6, 6.07) is 15.8. The van der Waals surface area contributed by atoms with E-state index < -0.39 is 49.5 Å². The molecule has 0 saturated heterocycles. The second-order valence-electron chi connectivity index (χ2n) is 10.6. The van der Waals surface area contributed by atoms with E-state index in [9.17, 15) is 44.8 Å². The van der Waals surface area contributed by atoms with E-state index in [4.69, 9.17) is 5.73 Å². The summed E-state index contributed by atoms with van der Waals surface area (Å²) in [6.45, 7) is 1.36. The van der Waals surface area contributed by atoms with Crippen molar-refractivity contribution >= 4 is 60.2 Å². The zero-order valence-electron chi connectivity index (χ0n) is 27.5.